The van der Waals surface area contributed by atoms with Crippen LogP contribution in [-0.2, 0) is 20.7 Å². The predicted octanol–water partition coefficient (Wildman–Crippen LogP) is 2.81. The van der Waals surface area contributed by atoms with Gasteiger partial charge in [0.1, 0.15) is 5.75 Å². The smallest absolute Gasteiger partial charge is 0.311 e. The normalized spacial score (nSPS) is 11.6. The molecule has 1 amide bonds. The van der Waals surface area contributed by atoms with E-state index in [1.54, 1.807) is 24.3 Å². The number of hydrogen-bond donors (Lipinski definition) is 2. The van der Waals surface area contributed by atoms with E-state index in [1.807, 2.05) is 19.1 Å². The second kappa shape index (κ2) is 7.45. The Kier molecular flexibility index (Phi) is 5.36. The molecule has 0 unspecified atom stereocenters. The zero-order valence-corrected chi connectivity index (χ0v) is 13.1. The van der Waals surface area contributed by atoms with Crippen molar-refractivity contribution in [2.45, 2.75) is 26.4 Å². The van der Waals surface area contributed by atoms with E-state index in [4.69, 9.17) is 4.74 Å². The number of anilines is 1. The maximum absolute atomic E-state index is 12.0. The van der Waals surface area contributed by atoms with E-state index in [2.05, 4.69) is 5.32 Å². The Morgan fingerprint density at radius 1 is 1.09 bits per heavy atom. The molecule has 0 aliphatic rings. The Labute approximate surface area is 134 Å². The zero-order chi connectivity index (χ0) is 16.8. The number of phenolic OH excluding ortho intramolecular Hbond substituents is 1. The SMILES string of the molecule is Cc1ccc(NC(=O)[C@@H](C)OC(=O)Cc2ccc(O)cc2)cc1. The van der Waals surface area contributed by atoms with Crippen molar-refractivity contribution in [2.24, 2.45) is 0 Å². The molecule has 5 heteroatoms. The Hall–Kier alpha value is -2.82. The van der Waals surface area contributed by atoms with Gasteiger partial charge >= 0.3 is 5.97 Å². The number of nitrogens with one attached hydrogen (secondary N) is 1. The number of carbonyl (C=O) groups excluding carboxylic acids is 2. The number of aromatic hydroxyl groups is 1. The minimum atomic E-state index is -0.888. The van der Waals surface area contributed by atoms with Crippen molar-refractivity contribution in [2.75, 3.05) is 5.32 Å². The number of carbonyl (C=O) groups is 2. The van der Waals surface area contributed by atoms with Crippen LogP contribution in [0.1, 0.15) is 18.1 Å². The number of esters is 1. The van der Waals surface area contributed by atoms with Crippen molar-refractivity contribution in [1.29, 1.82) is 0 Å². The molecule has 2 aromatic carbocycles. The first kappa shape index (κ1) is 16.5. The number of phenols is 1. The summed E-state index contributed by atoms with van der Waals surface area (Å²) >= 11 is 0. The first-order valence-electron chi connectivity index (χ1n) is 7.29. The molecule has 0 bridgehead atoms. The molecule has 0 heterocycles. The molecule has 2 N–H and O–H groups in total. The molecule has 2 aromatic rings. The van der Waals surface area contributed by atoms with Crippen LogP contribution in [0.5, 0.6) is 5.75 Å². The molecule has 0 aliphatic carbocycles. The van der Waals surface area contributed by atoms with Gasteiger partial charge in [0.15, 0.2) is 6.10 Å². The van der Waals surface area contributed by atoms with Gasteiger partial charge < -0.3 is 15.2 Å². The van der Waals surface area contributed by atoms with Crippen LogP contribution in [0.2, 0.25) is 0 Å². The molecular formula is C18H19NO4. The van der Waals surface area contributed by atoms with Crippen LogP contribution in [-0.4, -0.2) is 23.1 Å². The highest BCUT2D eigenvalue weighted by molar-refractivity contribution is 5.95. The third-order valence-corrected chi connectivity index (χ3v) is 3.28. The second-order valence-corrected chi connectivity index (χ2v) is 5.33. The lowest BCUT2D eigenvalue weighted by Crippen LogP contribution is -2.30. The van der Waals surface area contributed by atoms with Gasteiger partial charge in [-0.3, -0.25) is 9.59 Å². The van der Waals surface area contributed by atoms with Crippen molar-refractivity contribution < 1.29 is 19.4 Å². The van der Waals surface area contributed by atoms with Gasteiger partial charge in [0, 0.05) is 5.69 Å². The Bertz CT molecular complexity index is 677. The number of ether oxygens (including phenoxy) is 1. The van der Waals surface area contributed by atoms with Gasteiger partial charge in [-0.2, -0.15) is 0 Å². The van der Waals surface area contributed by atoms with Crippen molar-refractivity contribution >= 4 is 17.6 Å². The van der Waals surface area contributed by atoms with Crippen molar-refractivity contribution in [3.63, 3.8) is 0 Å². The molecule has 0 spiro atoms. The number of rotatable bonds is 5. The van der Waals surface area contributed by atoms with Crippen molar-refractivity contribution in [1.82, 2.24) is 0 Å². The maximum Gasteiger partial charge on any atom is 0.311 e. The minimum absolute atomic E-state index is 0.0441. The number of hydrogen-bond acceptors (Lipinski definition) is 4. The third kappa shape index (κ3) is 5.14. The number of aryl methyl sites for hydroxylation is 1. The average molecular weight is 313 g/mol. The largest absolute Gasteiger partial charge is 0.508 e. The van der Waals surface area contributed by atoms with Gasteiger partial charge in [0.05, 0.1) is 6.42 Å². The van der Waals surface area contributed by atoms with E-state index < -0.39 is 12.1 Å². The molecule has 0 aliphatic heterocycles. The highest BCUT2D eigenvalue weighted by atomic mass is 16.5. The summed E-state index contributed by atoms with van der Waals surface area (Å²) in [6.07, 6.45) is -0.844. The van der Waals surface area contributed by atoms with Crippen molar-refractivity contribution in [3.05, 3.63) is 59.7 Å². The third-order valence-electron chi connectivity index (χ3n) is 3.28. The van der Waals surface area contributed by atoms with Gasteiger partial charge in [-0.05, 0) is 43.7 Å². The fraction of sp³-hybridized carbons (Fsp3) is 0.222. The first-order valence-corrected chi connectivity index (χ1v) is 7.29. The molecule has 0 fully saturated rings. The van der Waals surface area contributed by atoms with Crippen LogP contribution in [0.4, 0.5) is 5.69 Å². The highest BCUT2D eigenvalue weighted by Crippen LogP contribution is 2.12. The van der Waals surface area contributed by atoms with Crippen LogP contribution in [0.25, 0.3) is 0 Å². The van der Waals surface area contributed by atoms with E-state index >= 15 is 0 Å². The molecule has 1 atom stereocenters. The molecule has 5 nitrogen and oxygen atoms in total. The van der Waals surface area contributed by atoms with Gasteiger partial charge in [-0.25, -0.2) is 0 Å². The summed E-state index contributed by atoms with van der Waals surface area (Å²) in [5.74, 6) is -0.747. The Morgan fingerprint density at radius 3 is 2.30 bits per heavy atom. The fourth-order valence-corrected chi connectivity index (χ4v) is 1.95. The summed E-state index contributed by atoms with van der Waals surface area (Å²) in [7, 11) is 0. The summed E-state index contributed by atoms with van der Waals surface area (Å²) in [4.78, 5) is 23.9. The van der Waals surface area contributed by atoms with E-state index in [9.17, 15) is 14.7 Å². The van der Waals surface area contributed by atoms with Crippen LogP contribution < -0.4 is 5.32 Å². The standard InChI is InChI=1S/C18H19NO4/c1-12-3-7-15(8-4-12)19-18(22)13(2)23-17(21)11-14-5-9-16(20)10-6-14/h3-10,13,20H,11H2,1-2H3,(H,19,22)/t13-/m1/s1. The van der Waals surface area contributed by atoms with Gasteiger partial charge in [0.25, 0.3) is 5.91 Å². The van der Waals surface area contributed by atoms with E-state index in [-0.39, 0.29) is 18.1 Å². The average Bonchev–Trinajstić information content (AvgIpc) is 2.51. The summed E-state index contributed by atoms with van der Waals surface area (Å²) in [6, 6.07) is 13.6. The summed E-state index contributed by atoms with van der Waals surface area (Å²) < 4.78 is 5.13. The molecule has 0 saturated heterocycles. The molecule has 23 heavy (non-hydrogen) atoms. The van der Waals surface area contributed by atoms with Crippen LogP contribution in [0, 0.1) is 6.92 Å². The Balaban J connectivity index is 1.86. The molecule has 120 valence electrons. The van der Waals surface area contributed by atoms with Crippen LogP contribution in [0.15, 0.2) is 48.5 Å². The number of amides is 1. The summed E-state index contributed by atoms with van der Waals surface area (Å²) in [5.41, 5.74) is 2.46. The minimum Gasteiger partial charge on any atom is -0.508 e. The van der Waals surface area contributed by atoms with Gasteiger partial charge in [-0.15, -0.1) is 0 Å². The van der Waals surface area contributed by atoms with Crippen LogP contribution >= 0.6 is 0 Å². The van der Waals surface area contributed by atoms with Gasteiger partial charge in [-0.1, -0.05) is 29.8 Å². The number of benzene rings is 2. The summed E-state index contributed by atoms with van der Waals surface area (Å²) in [6.45, 7) is 3.48. The lowest BCUT2D eigenvalue weighted by Gasteiger charge is -2.13. The molecule has 0 aromatic heterocycles. The van der Waals surface area contributed by atoms with E-state index in [1.165, 1.54) is 19.1 Å². The zero-order valence-electron chi connectivity index (χ0n) is 13.1. The van der Waals surface area contributed by atoms with Crippen molar-refractivity contribution in [3.8, 4) is 5.75 Å². The molecule has 0 saturated carbocycles. The van der Waals surface area contributed by atoms with E-state index in [0.717, 1.165) is 5.56 Å². The fourth-order valence-electron chi connectivity index (χ4n) is 1.95. The molecule has 2 rings (SSSR count). The van der Waals surface area contributed by atoms with E-state index in [0.29, 0.717) is 11.3 Å². The Morgan fingerprint density at radius 2 is 1.70 bits per heavy atom. The quantitative estimate of drug-likeness (QED) is 0.832. The lowest BCUT2D eigenvalue weighted by atomic mass is 10.1. The van der Waals surface area contributed by atoms with Gasteiger partial charge in [0.2, 0.25) is 0 Å². The molecule has 0 radical (unpaired) electrons. The second-order valence-electron chi connectivity index (χ2n) is 5.33. The monoisotopic (exact) mass is 313 g/mol. The lowest BCUT2D eigenvalue weighted by molar-refractivity contribution is -0.152. The molecular weight excluding hydrogens is 294 g/mol. The topological polar surface area (TPSA) is 75.6 Å². The predicted molar refractivity (Wildman–Crippen MR) is 87.2 cm³/mol. The van der Waals surface area contributed by atoms with Crippen LogP contribution in [0.3, 0.4) is 0 Å². The summed E-state index contributed by atoms with van der Waals surface area (Å²) in [5, 5.41) is 11.9. The first-order chi connectivity index (χ1) is 10.9. The maximum atomic E-state index is 12.0. The highest BCUT2D eigenvalue weighted by Gasteiger charge is 2.18.